The molecule has 0 bridgehead atoms. The minimum absolute atomic E-state index is 0.399. The molecule has 2 rings (SSSR count). The fourth-order valence-electron chi connectivity index (χ4n) is 1.82. The summed E-state index contributed by atoms with van der Waals surface area (Å²) in [7, 11) is 0. The molecule has 2 aromatic rings. The number of pyridine rings is 1. The number of aromatic nitrogens is 1. The second-order valence-corrected chi connectivity index (χ2v) is 5.06. The zero-order valence-corrected chi connectivity index (χ0v) is 11.5. The van der Waals surface area contributed by atoms with Crippen molar-refractivity contribution in [2.45, 2.75) is 12.8 Å². The Hall–Kier alpha value is -1.68. The summed E-state index contributed by atoms with van der Waals surface area (Å²) in [5.41, 5.74) is 8.15. The van der Waals surface area contributed by atoms with Gasteiger partial charge in [0.1, 0.15) is 5.92 Å². The normalized spacial score (nSPS) is 12.1. The summed E-state index contributed by atoms with van der Waals surface area (Å²) in [6.45, 7) is 2.00. The largest absolute Gasteiger partial charge is 0.369 e. The van der Waals surface area contributed by atoms with Gasteiger partial charge in [-0.05, 0) is 24.6 Å². The Morgan fingerprint density at radius 1 is 1.28 bits per heavy atom. The van der Waals surface area contributed by atoms with E-state index in [0.717, 1.165) is 15.6 Å². The lowest BCUT2D eigenvalue weighted by atomic mass is 9.94. The van der Waals surface area contributed by atoms with Gasteiger partial charge in [-0.25, -0.2) is 0 Å². The highest BCUT2D eigenvalue weighted by atomic mass is 79.9. The second kappa shape index (κ2) is 5.31. The highest BCUT2D eigenvalue weighted by Crippen LogP contribution is 2.25. The smallest absolute Gasteiger partial charge is 0.231 e. The molecule has 4 heteroatoms. The number of carbonyl (C=O) groups is 1. The molecule has 0 aliphatic rings. The molecule has 0 saturated carbocycles. The lowest BCUT2D eigenvalue weighted by Crippen LogP contribution is -2.23. The van der Waals surface area contributed by atoms with Gasteiger partial charge in [-0.15, -0.1) is 0 Å². The molecule has 2 N–H and O–H groups in total. The van der Waals surface area contributed by atoms with Crippen LogP contribution in [0.3, 0.4) is 0 Å². The first-order valence-electron chi connectivity index (χ1n) is 5.55. The van der Waals surface area contributed by atoms with Gasteiger partial charge in [0.2, 0.25) is 5.91 Å². The van der Waals surface area contributed by atoms with Gasteiger partial charge in [0.25, 0.3) is 0 Å². The molecule has 1 aromatic carbocycles. The molecule has 18 heavy (non-hydrogen) atoms. The summed E-state index contributed by atoms with van der Waals surface area (Å²) in [6, 6.07) is 11.4. The van der Waals surface area contributed by atoms with Gasteiger partial charge in [-0.2, -0.15) is 0 Å². The van der Waals surface area contributed by atoms with Crippen molar-refractivity contribution in [1.82, 2.24) is 4.98 Å². The van der Waals surface area contributed by atoms with E-state index >= 15 is 0 Å². The monoisotopic (exact) mass is 304 g/mol. The van der Waals surface area contributed by atoms with Crippen LogP contribution in [0.4, 0.5) is 0 Å². The van der Waals surface area contributed by atoms with Gasteiger partial charge in [-0.1, -0.05) is 45.8 Å². The molecular formula is C14H13BrN2O. The number of benzene rings is 1. The Morgan fingerprint density at radius 3 is 2.50 bits per heavy atom. The first-order chi connectivity index (χ1) is 8.58. The fraction of sp³-hybridized carbons (Fsp3) is 0.143. The van der Waals surface area contributed by atoms with Crippen LogP contribution in [0.1, 0.15) is 22.7 Å². The first-order valence-corrected chi connectivity index (χ1v) is 6.34. The Bertz CT molecular complexity index is 566. The van der Waals surface area contributed by atoms with E-state index in [4.69, 9.17) is 5.73 Å². The zero-order chi connectivity index (χ0) is 13.1. The average molecular weight is 305 g/mol. The van der Waals surface area contributed by atoms with E-state index in [2.05, 4.69) is 20.9 Å². The highest BCUT2D eigenvalue weighted by Gasteiger charge is 2.21. The Balaban J connectivity index is 2.46. The van der Waals surface area contributed by atoms with Crippen molar-refractivity contribution in [2.75, 3.05) is 0 Å². The van der Waals surface area contributed by atoms with Crippen molar-refractivity contribution in [2.24, 2.45) is 5.73 Å². The van der Waals surface area contributed by atoms with E-state index in [0.29, 0.717) is 5.69 Å². The van der Waals surface area contributed by atoms with Crippen LogP contribution in [-0.2, 0) is 4.79 Å². The number of carbonyl (C=O) groups excluding carboxylic acids is 1. The topological polar surface area (TPSA) is 56.0 Å². The van der Waals surface area contributed by atoms with Gasteiger partial charge >= 0.3 is 0 Å². The van der Waals surface area contributed by atoms with Crippen LogP contribution >= 0.6 is 15.9 Å². The number of nitrogens with two attached hydrogens (primary N) is 1. The minimum Gasteiger partial charge on any atom is -0.369 e. The van der Waals surface area contributed by atoms with Crippen molar-refractivity contribution in [3.05, 3.63) is 63.9 Å². The van der Waals surface area contributed by atoms with E-state index < -0.39 is 11.8 Å². The standard InChI is InChI=1S/C14H13BrN2O/c1-9-2-4-10(5-3-9)13(14(16)18)12-8-11(15)6-7-17-12/h2-8,13H,1H3,(H2,16,18). The summed E-state index contributed by atoms with van der Waals surface area (Å²) in [5.74, 6) is -0.910. The van der Waals surface area contributed by atoms with Crippen molar-refractivity contribution in [3.63, 3.8) is 0 Å². The maximum atomic E-state index is 11.7. The minimum atomic E-state index is -0.511. The highest BCUT2D eigenvalue weighted by molar-refractivity contribution is 9.10. The molecule has 0 fully saturated rings. The molecule has 1 amide bonds. The molecule has 3 nitrogen and oxygen atoms in total. The first kappa shape index (κ1) is 12.8. The molecule has 1 atom stereocenters. The molecule has 0 spiro atoms. The van der Waals surface area contributed by atoms with Crippen LogP contribution in [0.5, 0.6) is 0 Å². The lowest BCUT2D eigenvalue weighted by Gasteiger charge is -2.13. The Kier molecular flexibility index (Phi) is 3.77. The van der Waals surface area contributed by atoms with Crippen molar-refractivity contribution in [3.8, 4) is 0 Å². The van der Waals surface area contributed by atoms with Crippen LogP contribution in [-0.4, -0.2) is 10.9 Å². The maximum absolute atomic E-state index is 11.7. The van der Waals surface area contributed by atoms with Gasteiger partial charge in [-0.3, -0.25) is 9.78 Å². The number of primary amides is 1. The Morgan fingerprint density at radius 2 is 1.94 bits per heavy atom. The Labute approximate surface area is 114 Å². The van der Waals surface area contributed by atoms with Gasteiger partial charge < -0.3 is 5.73 Å². The fourth-order valence-corrected chi connectivity index (χ4v) is 2.17. The van der Waals surface area contributed by atoms with Crippen LogP contribution in [0.15, 0.2) is 47.1 Å². The van der Waals surface area contributed by atoms with E-state index in [9.17, 15) is 4.79 Å². The molecule has 1 heterocycles. The van der Waals surface area contributed by atoms with E-state index in [1.807, 2.05) is 43.3 Å². The third-order valence-electron chi connectivity index (χ3n) is 2.73. The average Bonchev–Trinajstić information content (AvgIpc) is 2.32. The molecule has 1 aromatic heterocycles. The van der Waals surface area contributed by atoms with Gasteiger partial charge in [0, 0.05) is 10.7 Å². The lowest BCUT2D eigenvalue weighted by molar-refractivity contribution is -0.118. The maximum Gasteiger partial charge on any atom is 0.231 e. The van der Waals surface area contributed by atoms with Crippen LogP contribution in [0.2, 0.25) is 0 Å². The molecule has 92 valence electrons. The predicted molar refractivity (Wildman–Crippen MR) is 74.2 cm³/mol. The van der Waals surface area contributed by atoms with Gasteiger partial charge in [0.15, 0.2) is 0 Å². The second-order valence-electron chi connectivity index (χ2n) is 4.14. The third kappa shape index (κ3) is 2.76. The summed E-state index contributed by atoms with van der Waals surface area (Å²) in [6.07, 6.45) is 1.66. The predicted octanol–water partition coefficient (Wildman–Crippen LogP) is 2.77. The van der Waals surface area contributed by atoms with Gasteiger partial charge in [0.05, 0.1) is 5.69 Å². The number of amides is 1. The third-order valence-corrected chi connectivity index (χ3v) is 3.23. The molecule has 0 aliphatic carbocycles. The van der Waals surface area contributed by atoms with Crippen molar-refractivity contribution < 1.29 is 4.79 Å². The summed E-state index contributed by atoms with van der Waals surface area (Å²) >= 11 is 3.37. The number of aryl methyl sites for hydroxylation is 1. The molecule has 0 radical (unpaired) electrons. The summed E-state index contributed by atoms with van der Waals surface area (Å²) < 4.78 is 0.880. The zero-order valence-electron chi connectivity index (χ0n) is 9.93. The van der Waals surface area contributed by atoms with E-state index in [1.54, 1.807) is 6.20 Å². The number of nitrogens with zero attached hydrogens (tertiary/aromatic N) is 1. The van der Waals surface area contributed by atoms with Crippen LogP contribution < -0.4 is 5.73 Å². The van der Waals surface area contributed by atoms with Crippen molar-refractivity contribution >= 4 is 21.8 Å². The summed E-state index contributed by atoms with van der Waals surface area (Å²) in [4.78, 5) is 15.9. The summed E-state index contributed by atoms with van der Waals surface area (Å²) in [5, 5.41) is 0. The number of hydrogen-bond acceptors (Lipinski definition) is 2. The van der Waals surface area contributed by atoms with E-state index in [-0.39, 0.29) is 0 Å². The SMILES string of the molecule is Cc1ccc(C(C(N)=O)c2cc(Br)ccn2)cc1. The van der Waals surface area contributed by atoms with Crippen LogP contribution in [0.25, 0.3) is 0 Å². The molecule has 1 unspecified atom stereocenters. The molecule has 0 aliphatic heterocycles. The number of rotatable bonds is 3. The number of halogens is 1. The van der Waals surface area contributed by atoms with E-state index in [1.165, 1.54) is 0 Å². The molecular weight excluding hydrogens is 292 g/mol. The molecule has 0 saturated heterocycles. The quantitative estimate of drug-likeness (QED) is 0.948. The van der Waals surface area contributed by atoms with Crippen molar-refractivity contribution in [1.29, 1.82) is 0 Å². The number of hydrogen-bond donors (Lipinski definition) is 1. The van der Waals surface area contributed by atoms with Crippen LogP contribution in [0, 0.1) is 6.92 Å².